The van der Waals surface area contributed by atoms with Crippen LogP contribution in [0, 0.1) is 0 Å². The molecule has 0 amide bonds. The Morgan fingerprint density at radius 1 is 0.833 bits per heavy atom. The monoisotopic (exact) mass is 288 g/mol. The first kappa shape index (κ1) is 14.2. The fraction of sp³-hybridized carbons (Fsp3) is 0. The molecule has 0 unspecified atom stereocenters. The van der Waals surface area contributed by atoms with Gasteiger partial charge in [0.1, 0.15) is 5.76 Å². The van der Waals surface area contributed by atoms with Crippen molar-refractivity contribution in [3.05, 3.63) is 77.9 Å². The molecule has 2 rings (SSSR count). The number of ketones is 1. The summed E-state index contributed by atoms with van der Waals surface area (Å²) in [6, 6.07) is 18.2. The van der Waals surface area contributed by atoms with Crippen LogP contribution in [0.15, 0.2) is 66.7 Å². The average molecular weight is 289 g/mol. The summed E-state index contributed by atoms with van der Waals surface area (Å²) in [6.45, 7) is 0. The van der Waals surface area contributed by atoms with Crippen molar-refractivity contribution in [3.8, 4) is 0 Å². The number of carbonyl (C=O) groups excluding carboxylic acids is 1. The van der Waals surface area contributed by atoms with Crippen molar-refractivity contribution in [1.82, 2.24) is 0 Å². The molecule has 0 saturated heterocycles. The molecule has 0 aliphatic heterocycles. The zero-order chi connectivity index (χ0) is 12.1. The van der Waals surface area contributed by atoms with Gasteiger partial charge in [-0.3, -0.25) is 4.79 Å². The van der Waals surface area contributed by atoms with E-state index in [1.165, 1.54) is 6.08 Å². The van der Waals surface area contributed by atoms with E-state index >= 15 is 0 Å². The third-order valence-electron chi connectivity index (χ3n) is 2.41. The first-order valence-corrected chi connectivity index (χ1v) is 5.35. The molecule has 18 heavy (non-hydrogen) atoms. The van der Waals surface area contributed by atoms with Crippen molar-refractivity contribution < 1.29 is 27.0 Å². The molecule has 2 nitrogen and oxygen atoms in total. The molecule has 0 atom stereocenters. The van der Waals surface area contributed by atoms with Crippen LogP contribution in [0.25, 0.3) is 5.76 Å². The summed E-state index contributed by atoms with van der Waals surface area (Å²) in [5.74, 6) is 0.0962. The van der Waals surface area contributed by atoms with Gasteiger partial charge in [0.05, 0.1) is 11.6 Å². The summed E-state index contributed by atoms with van der Waals surface area (Å²) >= 11 is 0. The molecule has 0 spiro atoms. The van der Waals surface area contributed by atoms with Gasteiger partial charge < -0.3 is 5.11 Å². The average Bonchev–Trinajstić information content (AvgIpc) is 2.40. The molecule has 2 aromatic rings. The molecular formula is C15H13CuO2+. The summed E-state index contributed by atoms with van der Waals surface area (Å²) in [4.78, 5) is 9.83. The molecule has 1 radical (unpaired) electrons. The minimum absolute atomic E-state index is 0. The van der Waals surface area contributed by atoms with E-state index in [4.69, 9.17) is 0 Å². The van der Waals surface area contributed by atoms with E-state index in [0.717, 1.165) is 0 Å². The second kappa shape index (κ2) is 6.80. The van der Waals surface area contributed by atoms with E-state index in [-0.39, 0.29) is 28.6 Å². The Bertz CT molecular complexity index is 533. The Labute approximate surface area is 116 Å². The smallest absolute Gasteiger partial charge is 0.350 e. The van der Waals surface area contributed by atoms with Gasteiger partial charge in [0, 0.05) is 22.6 Å². The maximum absolute atomic E-state index is 9.83. The van der Waals surface area contributed by atoms with E-state index in [0.29, 0.717) is 11.1 Å². The van der Waals surface area contributed by atoms with Gasteiger partial charge in [-0.1, -0.05) is 48.5 Å². The number of aliphatic hydroxyl groups excluding tert-OH is 1. The van der Waals surface area contributed by atoms with Gasteiger partial charge in [-0.2, -0.15) is 0 Å². The van der Waals surface area contributed by atoms with E-state index in [1.54, 1.807) is 24.3 Å². The van der Waals surface area contributed by atoms with Crippen molar-refractivity contribution in [2.24, 2.45) is 0 Å². The van der Waals surface area contributed by atoms with Gasteiger partial charge in [-0.15, -0.1) is 0 Å². The molecule has 0 saturated carbocycles. The minimum atomic E-state index is 0. The normalized spacial score (nSPS) is 10.6. The molecule has 0 heterocycles. The molecule has 0 fully saturated rings. The fourth-order valence-corrected chi connectivity index (χ4v) is 1.51. The second-order valence-corrected chi connectivity index (χ2v) is 3.65. The first-order chi connectivity index (χ1) is 8.27. The molecule has 0 aliphatic rings. The zero-order valence-electron chi connectivity index (χ0n) is 9.55. The first-order valence-electron chi connectivity index (χ1n) is 5.35. The predicted molar refractivity (Wildman–Crippen MR) is 69.5 cm³/mol. The van der Waals surface area contributed by atoms with Crippen LogP contribution in [-0.4, -0.2) is 15.7 Å². The van der Waals surface area contributed by atoms with Crippen LogP contribution < -0.4 is 0 Å². The van der Waals surface area contributed by atoms with Crippen LogP contribution in [0.1, 0.15) is 11.1 Å². The third-order valence-corrected chi connectivity index (χ3v) is 2.41. The molecule has 0 aromatic heterocycles. The Morgan fingerprint density at radius 3 is 1.78 bits per heavy atom. The molecule has 0 bridgehead atoms. The standard InChI is InChI=1S/C15H12O2.Cu/c16-14(12-7-3-1-4-8-12)11-15(17)13-9-5-2-6-10-13;/h1-11,16H;/p+1/b14-11-;. The minimum Gasteiger partial charge on any atom is -0.507 e. The van der Waals surface area contributed by atoms with E-state index in [9.17, 15) is 9.90 Å². The topological polar surface area (TPSA) is 41.6 Å². The van der Waals surface area contributed by atoms with Gasteiger partial charge >= 0.3 is 5.78 Å². The Hall–Kier alpha value is -1.83. The summed E-state index contributed by atoms with van der Waals surface area (Å²) in [7, 11) is 0. The maximum Gasteiger partial charge on any atom is 0.350 e. The van der Waals surface area contributed by atoms with Crippen LogP contribution in [0.5, 0.6) is 0 Å². The quantitative estimate of drug-likeness (QED) is 0.304. The molecule has 3 heteroatoms. The van der Waals surface area contributed by atoms with E-state index < -0.39 is 0 Å². The number of benzene rings is 2. The molecule has 95 valence electrons. The van der Waals surface area contributed by atoms with Gasteiger partial charge in [0.25, 0.3) is 0 Å². The van der Waals surface area contributed by atoms with Crippen LogP contribution in [0.2, 0.25) is 0 Å². The Balaban J connectivity index is 0.00000162. The maximum atomic E-state index is 9.83. The molecular weight excluding hydrogens is 276 g/mol. The van der Waals surface area contributed by atoms with Gasteiger partial charge in [0.15, 0.2) is 0 Å². The van der Waals surface area contributed by atoms with Crippen LogP contribution in [0.3, 0.4) is 0 Å². The predicted octanol–water partition coefficient (Wildman–Crippen LogP) is 3.18. The third kappa shape index (κ3) is 3.59. The second-order valence-electron chi connectivity index (χ2n) is 3.65. The fourth-order valence-electron chi connectivity index (χ4n) is 1.51. The van der Waals surface area contributed by atoms with Gasteiger partial charge in [0.2, 0.25) is 0 Å². The van der Waals surface area contributed by atoms with Crippen molar-refractivity contribution >= 4 is 11.5 Å². The van der Waals surface area contributed by atoms with Gasteiger partial charge in [-0.25, -0.2) is 0 Å². The van der Waals surface area contributed by atoms with Gasteiger partial charge in [-0.05, 0) is 12.1 Å². The van der Waals surface area contributed by atoms with E-state index in [2.05, 4.69) is 0 Å². The van der Waals surface area contributed by atoms with Crippen LogP contribution >= 0.6 is 0 Å². The number of allylic oxidation sites excluding steroid dienone is 1. The molecule has 2 aromatic carbocycles. The zero-order valence-corrected chi connectivity index (χ0v) is 10.5. The molecule has 0 aliphatic carbocycles. The summed E-state index contributed by atoms with van der Waals surface area (Å²) in [5.41, 5.74) is 1.35. The van der Waals surface area contributed by atoms with Crippen molar-refractivity contribution in [3.63, 3.8) is 0 Å². The van der Waals surface area contributed by atoms with Crippen molar-refractivity contribution in [2.75, 3.05) is 0 Å². The number of rotatable bonds is 3. The number of aliphatic hydroxyl groups is 1. The largest absolute Gasteiger partial charge is 0.507 e. The summed E-state index contributed by atoms with van der Waals surface area (Å²) in [5, 5.41) is 9.83. The number of hydrogen-bond donors (Lipinski definition) is 1. The Kier molecular flexibility index (Phi) is 5.37. The summed E-state index contributed by atoms with van der Waals surface area (Å²) < 4.78 is 0. The van der Waals surface area contributed by atoms with Crippen LogP contribution in [-0.2, 0) is 17.1 Å². The van der Waals surface area contributed by atoms with Crippen molar-refractivity contribution in [2.45, 2.75) is 0 Å². The van der Waals surface area contributed by atoms with Crippen LogP contribution in [0.4, 0.5) is 0 Å². The van der Waals surface area contributed by atoms with E-state index in [1.807, 2.05) is 36.4 Å². The van der Waals surface area contributed by atoms with Crippen molar-refractivity contribution in [1.29, 1.82) is 0 Å². The Morgan fingerprint density at radius 2 is 1.28 bits per heavy atom. The molecule has 2 N–H and O–H groups in total. The summed E-state index contributed by atoms with van der Waals surface area (Å²) in [6.07, 6.45) is 1.35. The number of hydrogen-bond acceptors (Lipinski definition) is 1. The SMILES string of the molecule is O/C(=C\C(=[OH+])c1ccccc1)c1ccccc1.[Cu].